The zero-order valence-corrected chi connectivity index (χ0v) is 13.8. The van der Waals surface area contributed by atoms with E-state index in [1.165, 1.54) is 29.5 Å². The van der Waals surface area contributed by atoms with Gasteiger partial charge in [0, 0.05) is 5.25 Å². The molecule has 0 saturated carbocycles. The molecule has 112 valence electrons. The number of thioether (sulfide) groups is 1. The Bertz CT molecular complexity index is 630. The fraction of sp³-hybridized carbons (Fsp3) is 0.308. The number of anilines is 1. The third-order valence-electron chi connectivity index (χ3n) is 2.69. The predicted octanol–water partition coefficient (Wildman–Crippen LogP) is 4.47. The molecular formula is C13H13ClFN3OS2. The van der Waals surface area contributed by atoms with E-state index in [4.69, 9.17) is 11.6 Å². The van der Waals surface area contributed by atoms with Crippen molar-refractivity contribution in [2.75, 3.05) is 5.32 Å². The van der Waals surface area contributed by atoms with E-state index in [1.807, 2.05) is 0 Å². The summed E-state index contributed by atoms with van der Waals surface area (Å²) in [5.74, 6) is -1.30. The predicted molar refractivity (Wildman–Crippen MR) is 84.9 cm³/mol. The van der Waals surface area contributed by atoms with Crippen molar-refractivity contribution < 1.29 is 9.18 Å². The number of hydrogen-bond donors (Lipinski definition) is 1. The topological polar surface area (TPSA) is 54.9 Å². The van der Waals surface area contributed by atoms with E-state index in [1.54, 1.807) is 11.8 Å². The third-order valence-corrected chi connectivity index (χ3v) is 5.20. The summed E-state index contributed by atoms with van der Waals surface area (Å²) in [7, 11) is 0. The molecular weight excluding hydrogens is 333 g/mol. The Balaban J connectivity index is 2.10. The summed E-state index contributed by atoms with van der Waals surface area (Å²) in [6.45, 7) is 4.17. The Morgan fingerprint density at radius 1 is 1.52 bits per heavy atom. The molecule has 1 heterocycles. The molecule has 0 unspecified atom stereocenters. The number of nitrogens with one attached hydrogen (secondary N) is 1. The van der Waals surface area contributed by atoms with Crippen molar-refractivity contribution in [2.45, 2.75) is 29.9 Å². The van der Waals surface area contributed by atoms with Crippen molar-refractivity contribution in [3.8, 4) is 0 Å². The first-order valence-electron chi connectivity index (χ1n) is 6.26. The number of aromatic nitrogens is 2. The molecule has 2 rings (SSSR count). The van der Waals surface area contributed by atoms with Gasteiger partial charge in [0.05, 0.1) is 10.6 Å². The van der Waals surface area contributed by atoms with E-state index in [9.17, 15) is 9.18 Å². The van der Waals surface area contributed by atoms with Crippen LogP contribution in [0.4, 0.5) is 9.52 Å². The standard InChI is InChI=1S/C13H13ClFN3OS2/c1-3-7(2)20-13-18-17-12(21-13)16-11(19)10-8(14)5-4-6-9(10)15/h4-7H,3H2,1-2H3,(H,16,17,19)/t7-/m0/s1. The van der Waals surface area contributed by atoms with E-state index in [0.29, 0.717) is 10.4 Å². The highest BCUT2D eigenvalue weighted by molar-refractivity contribution is 8.01. The molecule has 0 spiro atoms. The lowest BCUT2D eigenvalue weighted by atomic mass is 10.2. The smallest absolute Gasteiger partial charge is 0.261 e. The van der Waals surface area contributed by atoms with Crippen LogP contribution in [0.5, 0.6) is 0 Å². The van der Waals surface area contributed by atoms with Gasteiger partial charge in [-0.15, -0.1) is 10.2 Å². The quantitative estimate of drug-likeness (QED) is 0.641. The Hall–Kier alpha value is -1.18. The molecule has 0 aliphatic heterocycles. The molecule has 1 aromatic heterocycles. The second-order valence-electron chi connectivity index (χ2n) is 4.26. The van der Waals surface area contributed by atoms with Crippen LogP contribution < -0.4 is 5.32 Å². The lowest BCUT2D eigenvalue weighted by Crippen LogP contribution is -2.14. The molecule has 8 heteroatoms. The number of carbonyl (C=O) groups excluding carboxylic acids is 1. The third kappa shape index (κ3) is 4.15. The van der Waals surface area contributed by atoms with E-state index in [2.05, 4.69) is 29.4 Å². The zero-order valence-electron chi connectivity index (χ0n) is 11.4. The summed E-state index contributed by atoms with van der Waals surface area (Å²) >= 11 is 8.69. The number of rotatable bonds is 5. The Labute approximate surface area is 135 Å². The van der Waals surface area contributed by atoms with Gasteiger partial charge in [-0.2, -0.15) is 0 Å². The first kappa shape index (κ1) is 16.2. The fourth-order valence-corrected chi connectivity index (χ4v) is 3.68. The van der Waals surface area contributed by atoms with Crippen LogP contribution in [0, 0.1) is 5.82 Å². The van der Waals surface area contributed by atoms with Gasteiger partial charge in [-0.1, -0.05) is 54.6 Å². The highest BCUT2D eigenvalue weighted by Crippen LogP contribution is 2.30. The van der Waals surface area contributed by atoms with Crippen LogP contribution in [0.2, 0.25) is 5.02 Å². The molecule has 0 fully saturated rings. The molecule has 1 amide bonds. The summed E-state index contributed by atoms with van der Waals surface area (Å²) in [6, 6.07) is 4.09. The van der Waals surface area contributed by atoms with Crippen LogP contribution >= 0.6 is 34.7 Å². The summed E-state index contributed by atoms with van der Waals surface area (Å²) in [5, 5.41) is 11.2. The maximum atomic E-state index is 13.6. The normalized spacial score (nSPS) is 12.2. The van der Waals surface area contributed by atoms with Crippen molar-refractivity contribution in [2.24, 2.45) is 0 Å². The van der Waals surface area contributed by atoms with Crippen LogP contribution in [-0.2, 0) is 0 Å². The average Bonchev–Trinajstić information content (AvgIpc) is 2.85. The largest absolute Gasteiger partial charge is 0.296 e. The molecule has 21 heavy (non-hydrogen) atoms. The van der Waals surface area contributed by atoms with Gasteiger partial charge in [0.15, 0.2) is 4.34 Å². The SMILES string of the molecule is CC[C@H](C)Sc1nnc(NC(=O)c2c(F)cccc2Cl)s1. The molecule has 1 aromatic carbocycles. The van der Waals surface area contributed by atoms with Gasteiger partial charge in [-0.3, -0.25) is 10.1 Å². The second kappa shape index (κ2) is 7.20. The molecule has 2 aromatic rings. The van der Waals surface area contributed by atoms with Crippen LogP contribution in [0.25, 0.3) is 0 Å². The molecule has 4 nitrogen and oxygen atoms in total. The monoisotopic (exact) mass is 345 g/mol. The Morgan fingerprint density at radius 3 is 2.95 bits per heavy atom. The van der Waals surface area contributed by atoms with Crippen molar-refractivity contribution in [3.05, 3.63) is 34.6 Å². The zero-order chi connectivity index (χ0) is 15.4. The second-order valence-corrected chi connectivity index (χ2v) is 7.33. The number of halogens is 2. The fourth-order valence-electron chi connectivity index (χ4n) is 1.44. The number of amides is 1. The minimum absolute atomic E-state index is 0.0613. The van der Waals surface area contributed by atoms with Crippen molar-refractivity contribution in [1.82, 2.24) is 10.2 Å². The number of nitrogens with zero attached hydrogens (tertiary/aromatic N) is 2. The molecule has 1 atom stereocenters. The van der Waals surface area contributed by atoms with Crippen LogP contribution in [0.1, 0.15) is 30.6 Å². The van der Waals surface area contributed by atoms with Gasteiger partial charge in [0.1, 0.15) is 5.82 Å². The molecule has 1 N–H and O–H groups in total. The van der Waals surface area contributed by atoms with Gasteiger partial charge < -0.3 is 0 Å². The molecule has 0 saturated heterocycles. The van der Waals surface area contributed by atoms with Crippen molar-refractivity contribution in [3.63, 3.8) is 0 Å². The van der Waals surface area contributed by atoms with Crippen molar-refractivity contribution >= 4 is 45.7 Å². The highest BCUT2D eigenvalue weighted by Gasteiger charge is 2.18. The molecule has 0 bridgehead atoms. The molecule has 0 aliphatic carbocycles. The van der Waals surface area contributed by atoms with Crippen LogP contribution in [0.15, 0.2) is 22.5 Å². The van der Waals surface area contributed by atoms with Crippen LogP contribution in [0.3, 0.4) is 0 Å². The first-order chi connectivity index (χ1) is 10.0. The minimum Gasteiger partial charge on any atom is -0.296 e. The van der Waals surface area contributed by atoms with Gasteiger partial charge in [0.2, 0.25) is 5.13 Å². The van der Waals surface area contributed by atoms with E-state index in [-0.39, 0.29) is 10.6 Å². The Morgan fingerprint density at radius 2 is 2.29 bits per heavy atom. The number of benzene rings is 1. The number of hydrogen-bond acceptors (Lipinski definition) is 5. The maximum Gasteiger partial charge on any atom is 0.261 e. The summed E-state index contributed by atoms with van der Waals surface area (Å²) in [6.07, 6.45) is 1.01. The minimum atomic E-state index is -0.668. The summed E-state index contributed by atoms with van der Waals surface area (Å²) < 4.78 is 14.4. The maximum absolute atomic E-state index is 13.6. The van der Waals surface area contributed by atoms with Crippen molar-refractivity contribution in [1.29, 1.82) is 0 Å². The van der Waals surface area contributed by atoms with Gasteiger partial charge in [-0.05, 0) is 18.6 Å². The average molecular weight is 346 g/mol. The molecule has 0 radical (unpaired) electrons. The highest BCUT2D eigenvalue weighted by atomic mass is 35.5. The Kier molecular flexibility index (Phi) is 5.55. The van der Waals surface area contributed by atoms with E-state index in [0.717, 1.165) is 10.8 Å². The van der Waals surface area contributed by atoms with Gasteiger partial charge in [-0.25, -0.2) is 4.39 Å². The van der Waals surface area contributed by atoms with E-state index < -0.39 is 11.7 Å². The van der Waals surface area contributed by atoms with Gasteiger partial charge in [0.25, 0.3) is 5.91 Å². The summed E-state index contributed by atoms with van der Waals surface area (Å²) in [5.41, 5.74) is -0.189. The molecule has 0 aliphatic rings. The number of carbonyl (C=O) groups is 1. The van der Waals surface area contributed by atoms with Crippen LogP contribution in [-0.4, -0.2) is 21.4 Å². The van der Waals surface area contributed by atoms with E-state index >= 15 is 0 Å². The van der Waals surface area contributed by atoms with Gasteiger partial charge >= 0.3 is 0 Å². The summed E-state index contributed by atoms with van der Waals surface area (Å²) in [4.78, 5) is 12.0. The lowest BCUT2D eigenvalue weighted by molar-refractivity contribution is 0.102. The first-order valence-corrected chi connectivity index (χ1v) is 8.34. The lowest BCUT2D eigenvalue weighted by Gasteiger charge is -2.04.